The van der Waals surface area contributed by atoms with Crippen molar-refractivity contribution in [3.8, 4) is 17.2 Å². The molecule has 0 unspecified atom stereocenters. The second-order valence-corrected chi connectivity index (χ2v) is 12.5. The van der Waals surface area contributed by atoms with Crippen LogP contribution in [0, 0.1) is 17.2 Å². The third-order valence-corrected chi connectivity index (χ3v) is 8.91. The Kier molecular flexibility index (Phi) is 7.03. The summed E-state index contributed by atoms with van der Waals surface area (Å²) in [6, 6.07) is 11.7. The zero-order chi connectivity index (χ0) is 29.6. The predicted molar refractivity (Wildman–Crippen MR) is 162 cm³/mol. The molecule has 0 atom stereocenters. The molecule has 2 aliphatic heterocycles. The van der Waals surface area contributed by atoms with E-state index in [2.05, 4.69) is 37.3 Å². The minimum absolute atomic E-state index is 0.192. The SMILES string of the molecule is CC1(NC(=O)c2ncccc2Cl)CCN(c2ccc(-c3cc(N4CC(C(C)(C)O)C4)cn4ncc(C#N)c34)cn2)CC1. The summed E-state index contributed by atoms with van der Waals surface area (Å²) in [5.41, 5.74) is 3.14. The molecule has 0 radical (unpaired) electrons. The van der Waals surface area contributed by atoms with Gasteiger partial charge in [0, 0.05) is 61.2 Å². The lowest BCUT2D eigenvalue weighted by Crippen LogP contribution is -2.55. The number of aliphatic hydroxyl groups is 1. The first kappa shape index (κ1) is 27.9. The molecule has 6 heterocycles. The van der Waals surface area contributed by atoms with Crippen molar-refractivity contribution in [1.82, 2.24) is 24.9 Å². The molecule has 6 rings (SSSR count). The normalized spacial score (nSPS) is 17.1. The van der Waals surface area contributed by atoms with Crippen LogP contribution in [0.1, 0.15) is 49.7 Å². The molecule has 1 amide bonds. The van der Waals surface area contributed by atoms with Crippen LogP contribution in [0.15, 0.2) is 55.1 Å². The fourth-order valence-corrected chi connectivity index (χ4v) is 5.90. The molecule has 42 heavy (non-hydrogen) atoms. The summed E-state index contributed by atoms with van der Waals surface area (Å²) in [5, 5.41) is 28.0. The minimum atomic E-state index is -0.729. The zero-order valence-corrected chi connectivity index (χ0v) is 24.6. The number of nitriles is 1. The van der Waals surface area contributed by atoms with E-state index in [0.29, 0.717) is 10.6 Å². The summed E-state index contributed by atoms with van der Waals surface area (Å²) >= 11 is 6.17. The van der Waals surface area contributed by atoms with Crippen LogP contribution in [0.5, 0.6) is 0 Å². The van der Waals surface area contributed by atoms with E-state index in [-0.39, 0.29) is 23.1 Å². The van der Waals surface area contributed by atoms with Crippen molar-refractivity contribution >= 4 is 34.5 Å². The molecular weight excluding hydrogens is 552 g/mol. The first-order valence-corrected chi connectivity index (χ1v) is 14.5. The topological polar surface area (TPSA) is 123 Å². The van der Waals surface area contributed by atoms with Crippen molar-refractivity contribution in [3.05, 3.63) is 71.4 Å². The molecule has 2 fully saturated rings. The molecule has 2 aliphatic rings. The maximum atomic E-state index is 12.8. The van der Waals surface area contributed by atoms with Gasteiger partial charge < -0.3 is 20.2 Å². The predicted octanol–water partition coefficient (Wildman–Crippen LogP) is 4.31. The van der Waals surface area contributed by atoms with Crippen molar-refractivity contribution < 1.29 is 9.90 Å². The second kappa shape index (κ2) is 10.6. The van der Waals surface area contributed by atoms with Crippen LogP contribution in [0.2, 0.25) is 5.02 Å². The van der Waals surface area contributed by atoms with Crippen LogP contribution in [0.4, 0.5) is 11.5 Å². The van der Waals surface area contributed by atoms with Gasteiger partial charge in [0.25, 0.3) is 5.91 Å². The summed E-state index contributed by atoms with van der Waals surface area (Å²) in [7, 11) is 0. The number of nitrogens with one attached hydrogen (secondary N) is 1. The molecule has 2 saturated heterocycles. The van der Waals surface area contributed by atoms with E-state index in [4.69, 9.17) is 16.6 Å². The number of carbonyl (C=O) groups is 1. The van der Waals surface area contributed by atoms with Crippen molar-refractivity contribution in [2.45, 2.75) is 44.8 Å². The Bertz CT molecular complexity index is 1670. The molecule has 4 aromatic heterocycles. The average Bonchev–Trinajstić information content (AvgIpc) is 3.35. The Morgan fingerprint density at radius 2 is 1.93 bits per heavy atom. The number of amides is 1. The van der Waals surface area contributed by atoms with Gasteiger partial charge in [-0.2, -0.15) is 10.4 Å². The number of hydrogen-bond donors (Lipinski definition) is 2. The highest BCUT2D eigenvalue weighted by Crippen LogP contribution is 2.36. The summed E-state index contributed by atoms with van der Waals surface area (Å²) in [5.74, 6) is 0.785. The smallest absolute Gasteiger partial charge is 0.271 e. The van der Waals surface area contributed by atoms with Gasteiger partial charge in [0.2, 0.25) is 0 Å². The molecule has 0 aliphatic carbocycles. The van der Waals surface area contributed by atoms with Gasteiger partial charge in [-0.3, -0.25) is 4.79 Å². The van der Waals surface area contributed by atoms with E-state index in [1.54, 1.807) is 29.0 Å². The number of nitrogens with zero attached hydrogens (tertiary/aromatic N) is 7. The maximum absolute atomic E-state index is 12.8. The lowest BCUT2D eigenvalue weighted by molar-refractivity contribution is 0.00457. The Balaban J connectivity index is 1.19. The number of hydrogen-bond acceptors (Lipinski definition) is 8. The van der Waals surface area contributed by atoms with Gasteiger partial charge in [-0.1, -0.05) is 11.6 Å². The quantitative estimate of drug-likeness (QED) is 0.344. The molecule has 0 spiro atoms. The molecule has 2 N–H and O–H groups in total. The van der Waals surface area contributed by atoms with E-state index >= 15 is 0 Å². The fraction of sp³-hybridized carbons (Fsp3) is 0.387. The number of fused-ring (bicyclic) bond motifs is 1. The van der Waals surface area contributed by atoms with Gasteiger partial charge in [-0.25, -0.2) is 14.5 Å². The number of rotatable bonds is 6. The lowest BCUT2D eigenvalue weighted by atomic mass is 9.84. The van der Waals surface area contributed by atoms with Gasteiger partial charge >= 0.3 is 0 Å². The molecule has 10 nitrogen and oxygen atoms in total. The second-order valence-electron chi connectivity index (χ2n) is 12.1. The molecule has 216 valence electrons. The summed E-state index contributed by atoms with van der Waals surface area (Å²) in [6.45, 7) is 8.71. The van der Waals surface area contributed by atoms with Gasteiger partial charge in [-0.05, 0) is 63.9 Å². The maximum Gasteiger partial charge on any atom is 0.271 e. The first-order valence-electron chi connectivity index (χ1n) is 14.1. The summed E-state index contributed by atoms with van der Waals surface area (Å²) in [4.78, 5) is 26.2. The largest absolute Gasteiger partial charge is 0.390 e. The first-order chi connectivity index (χ1) is 20.0. The third kappa shape index (κ3) is 5.26. The highest BCUT2D eigenvalue weighted by molar-refractivity contribution is 6.33. The molecule has 4 aromatic rings. The average molecular weight is 585 g/mol. The third-order valence-electron chi connectivity index (χ3n) is 8.60. The van der Waals surface area contributed by atoms with Crippen LogP contribution in [-0.4, -0.2) is 67.9 Å². The highest BCUT2D eigenvalue weighted by Gasteiger charge is 2.38. The Hall–Kier alpha value is -4.20. The van der Waals surface area contributed by atoms with Crippen LogP contribution in [-0.2, 0) is 0 Å². The van der Waals surface area contributed by atoms with Crippen LogP contribution < -0.4 is 15.1 Å². The zero-order valence-electron chi connectivity index (χ0n) is 23.9. The van der Waals surface area contributed by atoms with Gasteiger partial charge in [0.05, 0.1) is 39.8 Å². The van der Waals surface area contributed by atoms with Gasteiger partial charge in [-0.15, -0.1) is 0 Å². The number of pyridine rings is 3. The van der Waals surface area contributed by atoms with Crippen LogP contribution in [0.25, 0.3) is 16.6 Å². The van der Waals surface area contributed by atoms with E-state index in [9.17, 15) is 15.2 Å². The van der Waals surface area contributed by atoms with Gasteiger partial charge in [0.15, 0.2) is 0 Å². The Morgan fingerprint density at radius 1 is 1.17 bits per heavy atom. The number of piperidine rings is 1. The number of anilines is 2. The Labute approximate surface area is 249 Å². The Morgan fingerprint density at radius 3 is 2.57 bits per heavy atom. The minimum Gasteiger partial charge on any atom is -0.390 e. The van der Waals surface area contributed by atoms with Crippen LogP contribution >= 0.6 is 11.6 Å². The van der Waals surface area contributed by atoms with E-state index in [1.165, 1.54) is 0 Å². The molecule has 0 bridgehead atoms. The van der Waals surface area contributed by atoms with Crippen molar-refractivity contribution in [1.29, 1.82) is 5.26 Å². The molecular formula is C31H33ClN8O2. The monoisotopic (exact) mass is 584 g/mol. The summed E-state index contributed by atoms with van der Waals surface area (Å²) in [6.07, 6.45) is 8.43. The summed E-state index contributed by atoms with van der Waals surface area (Å²) < 4.78 is 1.76. The number of aromatic nitrogens is 4. The molecule has 0 aromatic carbocycles. The molecule has 11 heteroatoms. The highest BCUT2D eigenvalue weighted by atomic mass is 35.5. The number of carbonyl (C=O) groups excluding carboxylic acids is 1. The lowest BCUT2D eigenvalue weighted by Gasteiger charge is -2.46. The van der Waals surface area contributed by atoms with E-state index in [0.717, 1.165) is 67.2 Å². The van der Waals surface area contributed by atoms with E-state index in [1.807, 2.05) is 45.3 Å². The molecule has 0 saturated carbocycles. The standard InChI is InChI=1S/C31H33ClN8O2/c1-30(2,42)22-17-39(18-22)23-13-24(28-21(14-33)16-36-40(28)19-23)20-6-7-26(35-15-20)38-11-8-31(3,9-12-38)37-29(41)27-25(32)5-4-10-34-27/h4-7,10,13,15-16,19,22,42H,8-9,11-12,17-18H2,1-3H3,(H,37,41). The van der Waals surface area contributed by atoms with Crippen molar-refractivity contribution in [2.75, 3.05) is 36.0 Å². The van der Waals surface area contributed by atoms with Crippen molar-refractivity contribution in [3.63, 3.8) is 0 Å². The van der Waals surface area contributed by atoms with Crippen LogP contribution in [0.3, 0.4) is 0 Å². The number of halogens is 1. The van der Waals surface area contributed by atoms with Gasteiger partial charge in [0.1, 0.15) is 17.6 Å². The van der Waals surface area contributed by atoms with Crippen molar-refractivity contribution in [2.24, 2.45) is 5.92 Å². The fourth-order valence-electron chi connectivity index (χ4n) is 5.69. The van der Waals surface area contributed by atoms with E-state index < -0.39 is 5.60 Å².